The molecule has 0 saturated heterocycles. The molecule has 2 rings (SSSR count). The van der Waals surface area contributed by atoms with E-state index in [0.29, 0.717) is 6.42 Å². The molecule has 1 atom stereocenters. The van der Waals surface area contributed by atoms with E-state index in [1.807, 2.05) is 37.3 Å². The van der Waals surface area contributed by atoms with Gasteiger partial charge in [-0.3, -0.25) is 0 Å². The molecule has 2 aromatic rings. The van der Waals surface area contributed by atoms with E-state index in [9.17, 15) is 13.2 Å². The molecule has 0 radical (unpaired) electrons. The molecule has 24 heavy (non-hydrogen) atoms. The van der Waals surface area contributed by atoms with Gasteiger partial charge >= 0.3 is 0 Å². The lowest BCUT2D eigenvalue weighted by atomic mass is 9.75. The molecule has 0 fully saturated rings. The highest BCUT2D eigenvalue weighted by molar-refractivity contribution is 7.89. The van der Waals surface area contributed by atoms with Gasteiger partial charge in [-0.2, -0.15) is 0 Å². The predicted octanol–water partition coefficient (Wildman–Crippen LogP) is 3.24. The van der Waals surface area contributed by atoms with Crippen LogP contribution >= 0.6 is 0 Å². The minimum atomic E-state index is -3.59. The van der Waals surface area contributed by atoms with Crippen molar-refractivity contribution in [3.8, 4) is 0 Å². The summed E-state index contributed by atoms with van der Waals surface area (Å²) >= 11 is 0. The van der Waals surface area contributed by atoms with Gasteiger partial charge in [0, 0.05) is 25.4 Å². The summed E-state index contributed by atoms with van der Waals surface area (Å²) in [5.74, 6) is 0. The quantitative estimate of drug-likeness (QED) is 0.690. The molecule has 128 valence electrons. The third-order valence-electron chi connectivity index (χ3n) is 4.51. The van der Waals surface area contributed by atoms with E-state index < -0.39 is 15.4 Å². The first-order valence-electron chi connectivity index (χ1n) is 7.97. The Kier molecular flexibility index (Phi) is 5.91. The Bertz CT molecular complexity index is 760. The summed E-state index contributed by atoms with van der Waals surface area (Å²) in [7, 11) is -2.02. The van der Waals surface area contributed by atoms with Crippen molar-refractivity contribution in [2.45, 2.75) is 30.1 Å². The lowest BCUT2D eigenvalue weighted by molar-refractivity contribution is -0.109. The van der Waals surface area contributed by atoms with Crippen molar-refractivity contribution in [3.05, 3.63) is 66.2 Å². The molecule has 2 aromatic carbocycles. The Balaban J connectivity index is 2.38. The number of likely N-dealkylation sites (N-methyl/N-ethyl adjacent to an activating group) is 1. The molecule has 0 aliphatic rings. The van der Waals surface area contributed by atoms with Gasteiger partial charge in [-0.1, -0.05) is 55.5 Å². The van der Waals surface area contributed by atoms with Crippen LogP contribution in [0, 0.1) is 0 Å². The third-order valence-corrected chi connectivity index (χ3v) is 6.33. The molecular weight excluding hydrogens is 322 g/mol. The van der Waals surface area contributed by atoms with E-state index in [-0.39, 0.29) is 17.9 Å². The second-order valence-electron chi connectivity index (χ2n) is 5.94. The van der Waals surface area contributed by atoms with Gasteiger partial charge in [0.1, 0.15) is 6.29 Å². The van der Waals surface area contributed by atoms with Gasteiger partial charge in [-0.15, -0.1) is 0 Å². The highest BCUT2D eigenvalue weighted by Gasteiger charge is 2.35. The maximum atomic E-state index is 12.8. The summed E-state index contributed by atoms with van der Waals surface area (Å²) in [5, 5.41) is 0. The van der Waals surface area contributed by atoms with Crippen molar-refractivity contribution in [1.29, 1.82) is 0 Å². The minimum Gasteiger partial charge on any atom is -0.303 e. The molecule has 0 bridgehead atoms. The molecule has 5 heteroatoms. The fraction of sp³-hybridized carbons (Fsp3) is 0.316. The summed E-state index contributed by atoms with van der Waals surface area (Å²) in [6.07, 6.45) is 1.83. The molecule has 0 aliphatic heterocycles. The second kappa shape index (κ2) is 7.73. The summed E-state index contributed by atoms with van der Waals surface area (Å²) in [4.78, 5) is 11.5. The summed E-state index contributed by atoms with van der Waals surface area (Å²) in [5.41, 5.74) is 0.453. The van der Waals surface area contributed by atoms with Crippen LogP contribution in [-0.4, -0.2) is 32.6 Å². The fourth-order valence-corrected chi connectivity index (χ4v) is 4.25. The van der Waals surface area contributed by atoms with Crippen LogP contribution in [0.3, 0.4) is 0 Å². The van der Waals surface area contributed by atoms with Gasteiger partial charge in [0.25, 0.3) is 0 Å². The van der Waals surface area contributed by atoms with Crippen molar-refractivity contribution in [3.63, 3.8) is 0 Å². The predicted molar refractivity (Wildman–Crippen MR) is 95.3 cm³/mol. The summed E-state index contributed by atoms with van der Waals surface area (Å²) in [6, 6.07) is 18.0. The number of carbonyl (C=O) groups excluding carboxylic acids is 1. The van der Waals surface area contributed by atoms with E-state index in [1.165, 1.54) is 4.31 Å². The van der Waals surface area contributed by atoms with E-state index in [1.54, 1.807) is 37.4 Å². The average Bonchev–Trinajstić information content (AvgIpc) is 2.62. The third kappa shape index (κ3) is 3.74. The van der Waals surface area contributed by atoms with E-state index in [2.05, 4.69) is 0 Å². The lowest BCUT2D eigenvalue weighted by Gasteiger charge is -2.35. The van der Waals surface area contributed by atoms with Crippen LogP contribution in [0.25, 0.3) is 0 Å². The molecule has 0 amide bonds. The second-order valence-corrected chi connectivity index (χ2v) is 7.99. The van der Waals surface area contributed by atoms with Crippen molar-refractivity contribution in [2.75, 3.05) is 13.6 Å². The van der Waals surface area contributed by atoms with Crippen molar-refractivity contribution < 1.29 is 13.2 Å². The molecule has 0 spiro atoms. The van der Waals surface area contributed by atoms with Crippen LogP contribution in [0.2, 0.25) is 0 Å². The minimum absolute atomic E-state index is 0.253. The number of hydrogen-bond donors (Lipinski definition) is 0. The standard InChI is InChI=1S/C19H23NO3S/c1-3-19(14-15-21,17-10-6-4-7-11-17)16-20(2)24(22,23)18-12-8-5-9-13-18/h4-13,15H,3,14,16H2,1-2H3/t19-/m0/s1. The average molecular weight is 345 g/mol. The van der Waals surface area contributed by atoms with Gasteiger partial charge in [0.05, 0.1) is 4.90 Å². The van der Waals surface area contributed by atoms with Crippen LogP contribution in [0.4, 0.5) is 0 Å². The van der Waals surface area contributed by atoms with Crippen molar-refractivity contribution in [1.82, 2.24) is 4.31 Å². The van der Waals surface area contributed by atoms with Crippen LogP contribution in [-0.2, 0) is 20.2 Å². The zero-order valence-corrected chi connectivity index (χ0v) is 14.9. The van der Waals surface area contributed by atoms with E-state index in [4.69, 9.17) is 0 Å². The highest BCUT2D eigenvalue weighted by Crippen LogP contribution is 2.33. The molecule has 0 aromatic heterocycles. The fourth-order valence-electron chi connectivity index (χ4n) is 2.97. The molecular formula is C19H23NO3S. The Hall–Kier alpha value is -1.98. The van der Waals surface area contributed by atoms with Crippen LogP contribution in [0.1, 0.15) is 25.3 Å². The SMILES string of the molecule is CC[C@](CC=O)(CN(C)S(=O)(=O)c1ccccc1)c1ccccc1. The lowest BCUT2D eigenvalue weighted by Crippen LogP contribution is -2.42. The van der Waals surface area contributed by atoms with Gasteiger partial charge < -0.3 is 4.79 Å². The van der Waals surface area contributed by atoms with Gasteiger partial charge in [-0.05, 0) is 24.1 Å². The maximum Gasteiger partial charge on any atom is 0.242 e. The van der Waals surface area contributed by atoms with Crippen LogP contribution < -0.4 is 0 Å². The highest BCUT2D eigenvalue weighted by atomic mass is 32.2. The summed E-state index contributed by atoms with van der Waals surface area (Å²) in [6.45, 7) is 2.24. The number of benzene rings is 2. The number of sulfonamides is 1. The first-order chi connectivity index (χ1) is 11.5. The Morgan fingerprint density at radius 2 is 1.54 bits per heavy atom. The molecule has 0 aliphatic carbocycles. The number of nitrogens with zero attached hydrogens (tertiary/aromatic N) is 1. The summed E-state index contributed by atoms with van der Waals surface area (Å²) < 4.78 is 26.9. The zero-order valence-electron chi connectivity index (χ0n) is 14.1. The molecule has 0 saturated carbocycles. The van der Waals surface area contributed by atoms with Gasteiger partial charge in [-0.25, -0.2) is 12.7 Å². The Morgan fingerprint density at radius 3 is 2.04 bits per heavy atom. The largest absolute Gasteiger partial charge is 0.303 e. The molecule has 0 N–H and O–H groups in total. The molecule has 0 heterocycles. The van der Waals surface area contributed by atoms with Crippen molar-refractivity contribution in [2.24, 2.45) is 0 Å². The van der Waals surface area contributed by atoms with E-state index >= 15 is 0 Å². The smallest absolute Gasteiger partial charge is 0.242 e. The molecule has 4 nitrogen and oxygen atoms in total. The normalized spacial score (nSPS) is 14.3. The number of carbonyl (C=O) groups is 1. The maximum absolute atomic E-state index is 12.8. The van der Waals surface area contributed by atoms with Gasteiger partial charge in [0.2, 0.25) is 10.0 Å². The van der Waals surface area contributed by atoms with E-state index in [0.717, 1.165) is 11.8 Å². The topological polar surface area (TPSA) is 54.5 Å². The zero-order chi connectivity index (χ0) is 17.6. The Labute approximate surface area is 144 Å². The van der Waals surface area contributed by atoms with Crippen LogP contribution in [0.5, 0.6) is 0 Å². The van der Waals surface area contributed by atoms with Gasteiger partial charge in [0.15, 0.2) is 0 Å². The Morgan fingerprint density at radius 1 is 1.00 bits per heavy atom. The molecule has 0 unspecified atom stereocenters. The first kappa shape index (κ1) is 18.4. The first-order valence-corrected chi connectivity index (χ1v) is 9.41. The number of rotatable bonds is 8. The van der Waals surface area contributed by atoms with Crippen LogP contribution in [0.15, 0.2) is 65.6 Å². The number of aldehydes is 1. The van der Waals surface area contributed by atoms with Crippen molar-refractivity contribution >= 4 is 16.3 Å². The monoisotopic (exact) mass is 345 g/mol. The number of hydrogen-bond acceptors (Lipinski definition) is 3.